The first-order chi connectivity index (χ1) is 9.75. The van der Waals surface area contributed by atoms with Gasteiger partial charge in [0.1, 0.15) is 0 Å². The molecule has 3 rings (SSSR count). The van der Waals surface area contributed by atoms with Crippen molar-refractivity contribution < 1.29 is 5.11 Å². The van der Waals surface area contributed by atoms with Crippen molar-refractivity contribution in [2.75, 3.05) is 0 Å². The van der Waals surface area contributed by atoms with Crippen LogP contribution in [0, 0.1) is 0 Å². The Balaban J connectivity index is 1.74. The van der Waals surface area contributed by atoms with Crippen LogP contribution in [0.25, 0.3) is 11.3 Å². The highest BCUT2D eigenvalue weighted by atomic mass is 32.1. The minimum absolute atomic E-state index is 0.525. The molecule has 1 heterocycles. The monoisotopic (exact) mass is 287 g/mol. The third-order valence-electron chi connectivity index (χ3n) is 4.14. The molecule has 1 aromatic heterocycles. The molecule has 0 atom stereocenters. The third-order valence-corrected chi connectivity index (χ3v) is 4.98. The lowest BCUT2D eigenvalue weighted by Crippen LogP contribution is -2.30. The van der Waals surface area contributed by atoms with Gasteiger partial charge in [-0.3, -0.25) is 0 Å². The molecule has 1 aliphatic carbocycles. The van der Waals surface area contributed by atoms with Crippen molar-refractivity contribution in [3.63, 3.8) is 0 Å². The predicted molar refractivity (Wildman–Crippen MR) is 83.9 cm³/mol. The van der Waals surface area contributed by atoms with E-state index in [0.29, 0.717) is 6.42 Å². The number of nitrogens with zero attached hydrogens (tertiary/aromatic N) is 1. The van der Waals surface area contributed by atoms with Gasteiger partial charge in [0.15, 0.2) is 0 Å². The Morgan fingerprint density at radius 3 is 2.45 bits per heavy atom. The minimum Gasteiger partial charge on any atom is -0.389 e. The molecule has 1 N–H and O–H groups in total. The van der Waals surface area contributed by atoms with Gasteiger partial charge in [-0.05, 0) is 12.8 Å². The van der Waals surface area contributed by atoms with Crippen LogP contribution in [-0.4, -0.2) is 15.7 Å². The Hall–Kier alpha value is -1.19. The van der Waals surface area contributed by atoms with Crippen LogP contribution in [0.5, 0.6) is 0 Å². The normalized spacial score (nSPS) is 18.6. The van der Waals surface area contributed by atoms with Crippen molar-refractivity contribution in [2.24, 2.45) is 0 Å². The Morgan fingerprint density at radius 1 is 1.05 bits per heavy atom. The van der Waals surface area contributed by atoms with E-state index in [2.05, 4.69) is 17.5 Å². The first-order valence-corrected chi connectivity index (χ1v) is 8.35. The van der Waals surface area contributed by atoms with E-state index < -0.39 is 5.60 Å². The molecule has 0 amide bonds. The quantitative estimate of drug-likeness (QED) is 0.847. The van der Waals surface area contributed by atoms with Gasteiger partial charge < -0.3 is 5.11 Å². The number of benzene rings is 1. The lowest BCUT2D eigenvalue weighted by Gasteiger charge is -2.25. The molecule has 1 saturated carbocycles. The fourth-order valence-corrected chi connectivity index (χ4v) is 3.92. The molecule has 1 fully saturated rings. The molecule has 2 aromatic rings. The fraction of sp³-hybridized carbons (Fsp3) is 0.471. The van der Waals surface area contributed by atoms with Gasteiger partial charge >= 0.3 is 0 Å². The fourth-order valence-electron chi connectivity index (χ4n) is 2.98. The summed E-state index contributed by atoms with van der Waals surface area (Å²) in [5.74, 6) is 0. The summed E-state index contributed by atoms with van der Waals surface area (Å²) >= 11 is 1.67. The van der Waals surface area contributed by atoms with Gasteiger partial charge in [0.05, 0.1) is 16.3 Å². The summed E-state index contributed by atoms with van der Waals surface area (Å²) in [5, 5.41) is 13.9. The molecule has 3 heteroatoms. The van der Waals surface area contributed by atoms with Crippen LogP contribution >= 0.6 is 11.3 Å². The molecular formula is C17H21NOS. The van der Waals surface area contributed by atoms with Gasteiger partial charge in [0, 0.05) is 17.4 Å². The van der Waals surface area contributed by atoms with Gasteiger partial charge in [-0.15, -0.1) is 11.3 Å². The Bertz CT molecular complexity index is 541. The zero-order chi connectivity index (χ0) is 13.8. The van der Waals surface area contributed by atoms with Crippen LogP contribution in [0.3, 0.4) is 0 Å². The molecule has 0 bridgehead atoms. The molecule has 0 unspecified atom stereocenters. The van der Waals surface area contributed by atoms with Crippen molar-refractivity contribution in [3.05, 3.63) is 40.7 Å². The predicted octanol–water partition coefficient (Wildman–Crippen LogP) is 4.44. The second-order valence-corrected chi connectivity index (χ2v) is 6.75. The SMILES string of the molecule is OC1(Cc2nc(-c3ccccc3)cs2)CCCCCC1. The Morgan fingerprint density at radius 2 is 1.75 bits per heavy atom. The van der Waals surface area contributed by atoms with Crippen LogP contribution in [0.1, 0.15) is 43.5 Å². The van der Waals surface area contributed by atoms with Crippen molar-refractivity contribution in [1.82, 2.24) is 4.98 Å². The van der Waals surface area contributed by atoms with Crippen molar-refractivity contribution in [3.8, 4) is 11.3 Å². The zero-order valence-electron chi connectivity index (χ0n) is 11.7. The summed E-state index contributed by atoms with van der Waals surface area (Å²) in [6.45, 7) is 0. The molecule has 106 valence electrons. The van der Waals surface area contributed by atoms with E-state index in [1.54, 1.807) is 11.3 Å². The molecule has 20 heavy (non-hydrogen) atoms. The molecule has 0 saturated heterocycles. The highest BCUT2D eigenvalue weighted by molar-refractivity contribution is 7.09. The number of aliphatic hydroxyl groups is 1. The molecular weight excluding hydrogens is 266 g/mol. The largest absolute Gasteiger partial charge is 0.389 e. The van der Waals surface area contributed by atoms with Crippen molar-refractivity contribution in [1.29, 1.82) is 0 Å². The van der Waals surface area contributed by atoms with E-state index in [1.807, 2.05) is 18.2 Å². The maximum atomic E-state index is 10.8. The van der Waals surface area contributed by atoms with Crippen LogP contribution in [0.2, 0.25) is 0 Å². The number of aromatic nitrogens is 1. The van der Waals surface area contributed by atoms with E-state index in [0.717, 1.165) is 41.9 Å². The summed E-state index contributed by atoms with van der Waals surface area (Å²) in [7, 11) is 0. The third kappa shape index (κ3) is 3.28. The first-order valence-electron chi connectivity index (χ1n) is 7.47. The van der Waals surface area contributed by atoms with Crippen LogP contribution in [-0.2, 0) is 6.42 Å². The average molecular weight is 287 g/mol. The standard InChI is InChI=1S/C17H21NOS/c19-17(10-6-1-2-7-11-17)12-16-18-15(13-20-16)14-8-4-3-5-9-14/h3-5,8-9,13,19H,1-2,6-7,10-12H2. The second kappa shape index (κ2) is 6.06. The smallest absolute Gasteiger partial charge is 0.0961 e. The van der Waals surface area contributed by atoms with E-state index in [4.69, 9.17) is 4.98 Å². The number of hydrogen-bond acceptors (Lipinski definition) is 3. The zero-order valence-corrected chi connectivity index (χ0v) is 12.5. The topological polar surface area (TPSA) is 33.1 Å². The van der Waals surface area contributed by atoms with Crippen molar-refractivity contribution >= 4 is 11.3 Å². The van der Waals surface area contributed by atoms with Gasteiger partial charge in [-0.2, -0.15) is 0 Å². The van der Waals surface area contributed by atoms with E-state index in [-0.39, 0.29) is 0 Å². The lowest BCUT2D eigenvalue weighted by atomic mass is 9.91. The number of rotatable bonds is 3. The van der Waals surface area contributed by atoms with E-state index in [9.17, 15) is 5.11 Å². The second-order valence-electron chi connectivity index (χ2n) is 5.81. The van der Waals surface area contributed by atoms with Crippen molar-refractivity contribution in [2.45, 2.75) is 50.5 Å². The lowest BCUT2D eigenvalue weighted by molar-refractivity contribution is 0.0252. The molecule has 2 nitrogen and oxygen atoms in total. The van der Waals surface area contributed by atoms with Gasteiger partial charge in [-0.1, -0.05) is 56.0 Å². The molecule has 0 spiro atoms. The van der Waals surface area contributed by atoms with Gasteiger partial charge in [-0.25, -0.2) is 4.98 Å². The summed E-state index contributed by atoms with van der Waals surface area (Å²) in [5.41, 5.74) is 1.66. The van der Waals surface area contributed by atoms with Gasteiger partial charge in [0.2, 0.25) is 0 Å². The van der Waals surface area contributed by atoms with Crippen LogP contribution in [0.15, 0.2) is 35.7 Å². The Labute approximate surface area is 124 Å². The van der Waals surface area contributed by atoms with Crippen LogP contribution in [0.4, 0.5) is 0 Å². The molecule has 0 aliphatic heterocycles. The molecule has 1 aliphatic rings. The van der Waals surface area contributed by atoms with Crippen LogP contribution < -0.4 is 0 Å². The summed E-state index contributed by atoms with van der Waals surface area (Å²) < 4.78 is 0. The average Bonchev–Trinajstić information content (AvgIpc) is 2.81. The number of hydrogen-bond donors (Lipinski definition) is 1. The maximum Gasteiger partial charge on any atom is 0.0961 e. The summed E-state index contributed by atoms with van der Waals surface area (Å²) in [6, 6.07) is 10.3. The first kappa shape index (κ1) is 13.8. The van der Waals surface area contributed by atoms with E-state index >= 15 is 0 Å². The molecule has 0 radical (unpaired) electrons. The highest BCUT2D eigenvalue weighted by Gasteiger charge is 2.29. The Kier molecular flexibility index (Phi) is 4.18. The minimum atomic E-state index is -0.525. The highest BCUT2D eigenvalue weighted by Crippen LogP contribution is 2.32. The number of thiazole rings is 1. The molecule has 1 aromatic carbocycles. The summed E-state index contributed by atoms with van der Waals surface area (Å²) in [6.07, 6.45) is 7.37. The maximum absolute atomic E-state index is 10.8. The van der Waals surface area contributed by atoms with E-state index in [1.165, 1.54) is 12.8 Å². The van der Waals surface area contributed by atoms with Gasteiger partial charge in [0.25, 0.3) is 0 Å². The summed E-state index contributed by atoms with van der Waals surface area (Å²) in [4.78, 5) is 4.71.